The molecule has 0 amide bonds. The van der Waals surface area contributed by atoms with E-state index in [1.165, 1.54) is 24.1 Å². The van der Waals surface area contributed by atoms with E-state index in [1.807, 2.05) is 6.20 Å². The molecular formula is C12H17N. The van der Waals surface area contributed by atoms with Gasteiger partial charge in [0.15, 0.2) is 0 Å². The maximum absolute atomic E-state index is 4.41. The predicted molar refractivity (Wildman–Crippen MR) is 54.9 cm³/mol. The van der Waals surface area contributed by atoms with Crippen molar-refractivity contribution in [2.45, 2.75) is 44.9 Å². The highest BCUT2D eigenvalue weighted by molar-refractivity contribution is 5.27. The molecule has 0 bridgehead atoms. The Kier molecular flexibility index (Phi) is 1.90. The second-order valence-electron chi connectivity index (χ2n) is 4.99. The van der Waals surface area contributed by atoms with Crippen LogP contribution in [0.4, 0.5) is 0 Å². The number of pyridine rings is 1. The SMILES string of the molecule is CC(C)(C)c1ccnc(C2CC2)c1. The van der Waals surface area contributed by atoms with Crippen LogP contribution >= 0.6 is 0 Å². The summed E-state index contributed by atoms with van der Waals surface area (Å²) in [4.78, 5) is 4.41. The topological polar surface area (TPSA) is 12.9 Å². The van der Waals surface area contributed by atoms with Gasteiger partial charge in [-0.15, -0.1) is 0 Å². The van der Waals surface area contributed by atoms with Gasteiger partial charge >= 0.3 is 0 Å². The molecule has 2 rings (SSSR count). The van der Waals surface area contributed by atoms with Gasteiger partial charge in [0.05, 0.1) is 0 Å². The van der Waals surface area contributed by atoms with E-state index in [-0.39, 0.29) is 5.41 Å². The minimum Gasteiger partial charge on any atom is -0.261 e. The Morgan fingerprint density at radius 3 is 2.54 bits per heavy atom. The van der Waals surface area contributed by atoms with E-state index < -0.39 is 0 Å². The third-order valence-corrected chi connectivity index (χ3v) is 2.64. The molecule has 1 nitrogen and oxygen atoms in total. The summed E-state index contributed by atoms with van der Waals surface area (Å²) in [6.45, 7) is 6.75. The first-order chi connectivity index (χ1) is 6.07. The summed E-state index contributed by atoms with van der Waals surface area (Å²) in [5.41, 5.74) is 2.96. The molecule has 1 heterocycles. The van der Waals surface area contributed by atoms with Gasteiger partial charge in [0.1, 0.15) is 0 Å². The van der Waals surface area contributed by atoms with Gasteiger partial charge < -0.3 is 0 Å². The second-order valence-corrected chi connectivity index (χ2v) is 4.99. The lowest BCUT2D eigenvalue weighted by molar-refractivity contribution is 0.588. The van der Waals surface area contributed by atoms with Crippen molar-refractivity contribution < 1.29 is 0 Å². The largest absolute Gasteiger partial charge is 0.261 e. The average molecular weight is 175 g/mol. The minimum atomic E-state index is 0.257. The lowest BCUT2D eigenvalue weighted by Gasteiger charge is -2.19. The van der Waals surface area contributed by atoms with Crippen molar-refractivity contribution in [1.82, 2.24) is 4.98 Å². The summed E-state index contributed by atoms with van der Waals surface area (Å²) in [6.07, 6.45) is 4.62. The molecule has 0 saturated heterocycles. The van der Waals surface area contributed by atoms with E-state index in [2.05, 4.69) is 37.9 Å². The summed E-state index contributed by atoms with van der Waals surface area (Å²) in [7, 11) is 0. The minimum absolute atomic E-state index is 0.257. The molecule has 0 aliphatic heterocycles. The monoisotopic (exact) mass is 175 g/mol. The van der Waals surface area contributed by atoms with E-state index in [1.54, 1.807) is 0 Å². The molecule has 0 atom stereocenters. The number of rotatable bonds is 1. The zero-order valence-corrected chi connectivity index (χ0v) is 8.67. The van der Waals surface area contributed by atoms with Gasteiger partial charge in [0.25, 0.3) is 0 Å². The summed E-state index contributed by atoms with van der Waals surface area (Å²) in [6, 6.07) is 4.41. The van der Waals surface area contributed by atoms with Crippen LogP contribution in [0.5, 0.6) is 0 Å². The van der Waals surface area contributed by atoms with Gasteiger partial charge in [-0.2, -0.15) is 0 Å². The van der Waals surface area contributed by atoms with Crippen molar-refractivity contribution in [3.05, 3.63) is 29.6 Å². The standard InChI is InChI=1S/C12H17N/c1-12(2,3)10-6-7-13-11(8-10)9-4-5-9/h6-9H,4-5H2,1-3H3. The average Bonchev–Trinajstić information content (AvgIpc) is 2.85. The van der Waals surface area contributed by atoms with Crippen LogP contribution in [0, 0.1) is 0 Å². The Bertz CT molecular complexity index is 305. The highest BCUT2D eigenvalue weighted by atomic mass is 14.7. The molecule has 1 aliphatic carbocycles. The summed E-state index contributed by atoms with van der Waals surface area (Å²) in [5.74, 6) is 0.766. The predicted octanol–water partition coefficient (Wildman–Crippen LogP) is 3.26. The fourth-order valence-corrected chi connectivity index (χ4v) is 1.52. The van der Waals surface area contributed by atoms with Crippen LogP contribution in [0.1, 0.15) is 50.8 Å². The first-order valence-electron chi connectivity index (χ1n) is 5.04. The zero-order chi connectivity index (χ0) is 9.47. The van der Waals surface area contributed by atoms with Crippen LogP contribution in [0.25, 0.3) is 0 Å². The first kappa shape index (κ1) is 8.74. The number of hydrogen-bond acceptors (Lipinski definition) is 1. The fraction of sp³-hybridized carbons (Fsp3) is 0.583. The van der Waals surface area contributed by atoms with E-state index in [0.717, 1.165) is 5.92 Å². The zero-order valence-electron chi connectivity index (χ0n) is 8.67. The summed E-state index contributed by atoms with van der Waals surface area (Å²) in [5, 5.41) is 0. The van der Waals surface area contributed by atoms with Gasteiger partial charge in [0, 0.05) is 17.8 Å². The van der Waals surface area contributed by atoms with Gasteiger partial charge in [-0.05, 0) is 36.0 Å². The molecule has 1 fully saturated rings. The normalized spacial score (nSPS) is 17.5. The Morgan fingerprint density at radius 1 is 1.31 bits per heavy atom. The first-order valence-corrected chi connectivity index (χ1v) is 5.04. The maximum atomic E-state index is 4.41. The quantitative estimate of drug-likeness (QED) is 0.638. The Morgan fingerprint density at radius 2 is 2.00 bits per heavy atom. The van der Waals surface area contributed by atoms with Gasteiger partial charge in [-0.1, -0.05) is 20.8 Å². The molecule has 0 radical (unpaired) electrons. The molecule has 1 saturated carbocycles. The molecule has 0 unspecified atom stereocenters. The summed E-state index contributed by atoms with van der Waals surface area (Å²) >= 11 is 0. The van der Waals surface area contributed by atoms with Crippen molar-refractivity contribution in [2.75, 3.05) is 0 Å². The lowest BCUT2D eigenvalue weighted by Crippen LogP contribution is -2.11. The van der Waals surface area contributed by atoms with Crippen molar-refractivity contribution in [1.29, 1.82) is 0 Å². The van der Waals surface area contributed by atoms with Crippen molar-refractivity contribution in [3.63, 3.8) is 0 Å². The summed E-state index contributed by atoms with van der Waals surface area (Å²) < 4.78 is 0. The van der Waals surface area contributed by atoms with Gasteiger partial charge in [-0.3, -0.25) is 4.98 Å². The molecule has 13 heavy (non-hydrogen) atoms. The van der Waals surface area contributed by atoms with Crippen molar-refractivity contribution >= 4 is 0 Å². The van der Waals surface area contributed by atoms with Crippen LogP contribution in [-0.2, 0) is 5.41 Å². The maximum Gasteiger partial charge on any atom is 0.0437 e. The van der Waals surface area contributed by atoms with Crippen molar-refractivity contribution in [2.24, 2.45) is 0 Å². The molecule has 0 aromatic carbocycles. The lowest BCUT2D eigenvalue weighted by atomic mass is 9.87. The molecule has 70 valence electrons. The smallest absolute Gasteiger partial charge is 0.0437 e. The van der Waals surface area contributed by atoms with Crippen LogP contribution in [-0.4, -0.2) is 4.98 Å². The number of aromatic nitrogens is 1. The van der Waals surface area contributed by atoms with E-state index >= 15 is 0 Å². The molecule has 1 aliphatic rings. The number of nitrogens with zero attached hydrogens (tertiary/aromatic N) is 1. The molecule has 1 aromatic heterocycles. The van der Waals surface area contributed by atoms with E-state index in [4.69, 9.17) is 0 Å². The fourth-order valence-electron chi connectivity index (χ4n) is 1.52. The second kappa shape index (κ2) is 2.83. The van der Waals surface area contributed by atoms with Gasteiger partial charge in [-0.25, -0.2) is 0 Å². The highest BCUT2D eigenvalue weighted by Crippen LogP contribution is 2.39. The van der Waals surface area contributed by atoms with Crippen molar-refractivity contribution in [3.8, 4) is 0 Å². The number of hydrogen-bond donors (Lipinski definition) is 0. The molecule has 0 N–H and O–H groups in total. The molecule has 0 spiro atoms. The van der Waals surface area contributed by atoms with E-state index in [9.17, 15) is 0 Å². The third kappa shape index (κ3) is 1.90. The Hall–Kier alpha value is -0.850. The van der Waals surface area contributed by atoms with Crippen LogP contribution in [0.3, 0.4) is 0 Å². The van der Waals surface area contributed by atoms with E-state index in [0.29, 0.717) is 0 Å². The van der Waals surface area contributed by atoms with Crippen LogP contribution < -0.4 is 0 Å². The van der Waals surface area contributed by atoms with Crippen LogP contribution in [0.2, 0.25) is 0 Å². The highest BCUT2D eigenvalue weighted by Gasteiger charge is 2.26. The Balaban J connectivity index is 2.32. The molecular weight excluding hydrogens is 158 g/mol. The van der Waals surface area contributed by atoms with Crippen LogP contribution in [0.15, 0.2) is 18.3 Å². The molecule has 1 heteroatoms. The van der Waals surface area contributed by atoms with Gasteiger partial charge in [0.2, 0.25) is 0 Å². The Labute approximate surface area is 80.2 Å². The third-order valence-electron chi connectivity index (χ3n) is 2.64. The molecule has 1 aromatic rings.